The van der Waals surface area contributed by atoms with Gasteiger partial charge in [-0.15, -0.1) is 6.42 Å². The van der Waals surface area contributed by atoms with E-state index < -0.39 is 35.5 Å². The number of methoxy groups -OCH3 is 2. The lowest BCUT2D eigenvalue weighted by Gasteiger charge is -2.19. The van der Waals surface area contributed by atoms with Crippen molar-refractivity contribution in [3.63, 3.8) is 0 Å². The molecular formula is C79H139N5O26. The first-order chi connectivity index (χ1) is 53.1. The van der Waals surface area contributed by atoms with Crippen LogP contribution in [0.2, 0.25) is 0 Å². The molecule has 636 valence electrons. The van der Waals surface area contributed by atoms with Gasteiger partial charge in [0, 0.05) is 66.2 Å². The van der Waals surface area contributed by atoms with Crippen molar-refractivity contribution in [2.24, 2.45) is 0 Å². The Balaban J connectivity index is 0. The summed E-state index contributed by atoms with van der Waals surface area (Å²) in [7, 11) is 5.17. The van der Waals surface area contributed by atoms with Gasteiger partial charge in [0.15, 0.2) is 11.6 Å². The summed E-state index contributed by atoms with van der Waals surface area (Å²) in [6.07, 6.45) is 7.90. The minimum Gasteiger partial charge on any atom is -0.508 e. The minimum atomic E-state index is -0.712. The maximum Gasteiger partial charge on any atom is 0.407 e. The van der Waals surface area contributed by atoms with E-state index in [0.29, 0.717) is 230 Å². The third-order valence-corrected chi connectivity index (χ3v) is 13.6. The predicted octanol–water partition coefficient (Wildman–Crippen LogP) is 6.84. The summed E-state index contributed by atoms with van der Waals surface area (Å²) in [6, 6.07) is 12.4. The molecule has 31 nitrogen and oxygen atoms in total. The van der Waals surface area contributed by atoms with Crippen LogP contribution in [-0.2, 0) is 117 Å². The van der Waals surface area contributed by atoms with Crippen molar-refractivity contribution in [1.29, 1.82) is 0 Å². The monoisotopic (exact) mass is 1570 g/mol. The van der Waals surface area contributed by atoms with E-state index in [0.717, 1.165) is 17.7 Å². The van der Waals surface area contributed by atoms with Crippen molar-refractivity contribution in [2.75, 3.05) is 246 Å². The van der Waals surface area contributed by atoms with Crippen molar-refractivity contribution < 1.29 is 124 Å². The summed E-state index contributed by atoms with van der Waals surface area (Å²) < 4.78 is 102. The maximum absolute atomic E-state index is 13.2. The number of benzene rings is 2. The molecule has 2 atom stereocenters. The van der Waals surface area contributed by atoms with E-state index in [1.54, 1.807) is 92.2 Å². The van der Waals surface area contributed by atoms with Crippen LogP contribution in [0.5, 0.6) is 11.5 Å². The first-order valence-electron chi connectivity index (χ1n) is 38.3. The molecule has 0 spiro atoms. The van der Waals surface area contributed by atoms with Crippen LogP contribution in [-0.4, -0.2) is 310 Å². The Bertz CT molecular complexity index is 2520. The van der Waals surface area contributed by atoms with E-state index in [9.17, 15) is 33.9 Å². The van der Waals surface area contributed by atoms with Crippen LogP contribution in [0.1, 0.15) is 118 Å². The van der Waals surface area contributed by atoms with Gasteiger partial charge >= 0.3 is 12.2 Å². The van der Waals surface area contributed by atoms with Gasteiger partial charge in [0.05, 0.1) is 197 Å². The Morgan fingerprint density at radius 2 is 0.682 bits per heavy atom. The average Bonchev–Trinajstić information content (AvgIpc) is 0.882. The van der Waals surface area contributed by atoms with Crippen LogP contribution in [0.25, 0.3) is 0 Å². The minimum absolute atomic E-state index is 0.0858. The number of carbonyl (C=O) groups is 6. The highest BCUT2D eigenvalue weighted by molar-refractivity contribution is 5.90. The number of carbonyl (C=O) groups excluding carboxylic acids is 6. The van der Waals surface area contributed by atoms with Gasteiger partial charge in [0.25, 0.3) is 0 Å². The van der Waals surface area contributed by atoms with Gasteiger partial charge < -0.3 is 122 Å². The van der Waals surface area contributed by atoms with Gasteiger partial charge in [-0.3, -0.25) is 19.2 Å². The highest BCUT2D eigenvalue weighted by Gasteiger charge is 2.23. The van der Waals surface area contributed by atoms with Gasteiger partial charge in [-0.25, -0.2) is 9.59 Å². The molecule has 0 aromatic heterocycles. The van der Waals surface area contributed by atoms with Crippen LogP contribution < -0.4 is 31.3 Å². The Morgan fingerprint density at radius 3 is 0.964 bits per heavy atom. The SMILES string of the molecule is C#CCOc1ccc(C[C@H](NC(=O)CCOCCOCCOCCOCCNC(=O)OC(C)(C)C)C(=O)CCCOCCOCCOCCOC)cc1.CCC.CCNC.COCCOCCOCCOCCCC(=O)[C@H](Cc1ccc(O)cc1)NC(=O)CCOCCOCCOCCOCCNC(=O)OC(C)(C)C. The van der Waals surface area contributed by atoms with Gasteiger partial charge in [-0.1, -0.05) is 57.4 Å². The number of terminal acetylenes is 1. The summed E-state index contributed by atoms with van der Waals surface area (Å²) in [4.78, 5) is 74.8. The molecule has 2 aromatic carbocycles. The summed E-state index contributed by atoms with van der Waals surface area (Å²) in [6.45, 7) is 31.1. The fourth-order valence-corrected chi connectivity index (χ4v) is 8.32. The molecule has 0 radical (unpaired) electrons. The number of hydrogen-bond acceptors (Lipinski definition) is 27. The smallest absolute Gasteiger partial charge is 0.407 e. The Labute approximate surface area is 656 Å². The van der Waals surface area contributed by atoms with Crippen LogP contribution in [0.3, 0.4) is 0 Å². The zero-order valence-corrected chi connectivity index (χ0v) is 68.4. The lowest BCUT2D eigenvalue weighted by Crippen LogP contribution is -2.42. The average molecular weight is 1570 g/mol. The summed E-state index contributed by atoms with van der Waals surface area (Å²) >= 11 is 0. The van der Waals surface area contributed by atoms with E-state index in [2.05, 4.69) is 53.3 Å². The van der Waals surface area contributed by atoms with E-state index in [4.69, 9.17) is 96.4 Å². The topological polar surface area (TPSA) is 358 Å². The molecule has 2 aromatic rings. The first-order valence-corrected chi connectivity index (χ1v) is 38.3. The molecule has 0 aliphatic rings. The third kappa shape index (κ3) is 75.8. The van der Waals surface area contributed by atoms with Crippen molar-refractivity contribution in [3.05, 3.63) is 59.7 Å². The Hall–Kier alpha value is -6.26. The highest BCUT2D eigenvalue weighted by Crippen LogP contribution is 2.16. The molecule has 0 unspecified atom stereocenters. The number of Topliss-reactive ketones (excluding diaryl/α,β-unsaturated/α-hetero) is 2. The van der Waals surface area contributed by atoms with Crippen LogP contribution >= 0.6 is 0 Å². The van der Waals surface area contributed by atoms with Crippen LogP contribution in [0.15, 0.2) is 48.5 Å². The second-order valence-electron chi connectivity index (χ2n) is 25.9. The summed E-state index contributed by atoms with van der Waals surface area (Å²) in [5, 5.41) is 23.5. The number of amides is 4. The number of phenols is 1. The second kappa shape index (κ2) is 76.7. The fourth-order valence-electron chi connectivity index (χ4n) is 8.32. The molecule has 0 heterocycles. The van der Waals surface area contributed by atoms with Crippen molar-refractivity contribution in [3.8, 4) is 23.8 Å². The van der Waals surface area contributed by atoms with Crippen LogP contribution in [0.4, 0.5) is 9.59 Å². The number of rotatable bonds is 67. The standard InChI is InChI=1S/C38H62N2O13.C35H60N2O13.C3H9N.C3H8/c1-6-15-52-33-11-9-32(10-12-33)31-34(35(41)8-7-16-45-21-24-49-28-27-48-20-19-44-5)40-36(42)13-17-46-22-25-50-29-30-51-26-23-47-18-14-39-37(43)53-38(2,3)4;1-35(2,3)50-34(41)36-12-15-45-20-23-49-27-26-48-22-19-44-14-11-33(40)37-31(28-29-7-9-30(38)10-8-29)32(39)6-5-13-43-18-21-47-25-24-46-17-16-42-4;1-3-4-2;1-3-2/h1,9-12,34H,7-8,13-31H2,2-5H3,(H,39,43)(H,40,42);7-10,31,38H,5-6,11-28H2,1-4H3,(H,36,41)(H,37,40);4H,3H2,1-2H3;3H2,1-2H3/t34-;31-;;/m00../s1. The number of nitrogens with one attached hydrogen (secondary N) is 5. The van der Waals surface area contributed by atoms with Gasteiger partial charge in [-0.05, 0) is 116 Å². The number of ether oxygens (including phenoxy) is 19. The molecule has 31 heteroatoms. The largest absolute Gasteiger partial charge is 0.508 e. The lowest BCUT2D eigenvalue weighted by molar-refractivity contribution is -0.128. The van der Waals surface area contributed by atoms with Crippen molar-refractivity contribution in [1.82, 2.24) is 26.6 Å². The predicted molar refractivity (Wildman–Crippen MR) is 417 cm³/mol. The van der Waals surface area contributed by atoms with Crippen molar-refractivity contribution in [2.45, 2.75) is 143 Å². The number of hydrogen-bond donors (Lipinski definition) is 6. The molecule has 4 amide bonds. The molecule has 6 N–H and O–H groups in total. The Morgan fingerprint density at radius 1 is 0.409 bits per heavy atom. The Kier molecular flexibility index (Phi) is 73.8. The molecule has 0 saturated carbocycles. The summed E-state index contributed by atoms with van der Waals surface area (Å²) in [5.41, 5.74) is 0.609. The third-order valence-electron chi connectivity index (χ3n) is 13.6. The van der Waals surface area contributed by atoms with E-state index in [1.165, 1.54) is 6.42 Å². The second-order valence-corrected chi connectivity index (χ2v) is 25.9. The molecule has 0 bridgehead atoms. The molecule has 0 aliphatic carbocycles. The van der Waals surface area contributed by atoms with Gasteiger partial charge in [0.2, 0.25) is 11.8 Å². The highest BCUT2D eigenvalue weighted by atomic mass is 16.6. The number of ketones is 2. The lowest BCUT2D eigenvalue weighted by atomic mass is 9.99. The summed E-state index contributed by atoms with van der Waals surface area (Å²) in [5.74, 6) is 2.41. The molecule has 0 saturated heterocycles. The zero-order chi connectivity index (χ0) is 81.7. The number of phenolic OH excluding ortho intramolecular Hbond substituents is 1. The quantitative estimate of drug-likeness (QED) is 0.0291. The molecular weight excluding hydrogens is 1430 g/mol. The fraction of sp³-hybridized carbons (Fsp3) is 0.747. The molecule has 110 heavy (non-hydrogen) atoms. The number of aromatic hydroxyl groups is 1. The van der Waals surface area contributed by atoms with E-state index in [1.807, 2.05) is 19.2 Å². The molecule has 0 fully saturated rings. The van der Waals surface area contributed by atoms with Crippen LogP contribution in [0, 0.1) is 12.3 Å². The zero-order valence-electron chi connectivity index (χ0n) is 68.4. The normalized spacial score (nSPS) is 11.6. The molecule has 0 aliphatic heterocycles. The van der Waals surface area contributed by atoms with Gasteiger partial charge in [0.1, 0.15) is 29.3 Å². The maximum atomic E-state index is 13.2. The van der Waals surface area contributed by atoms with E-state index in [-0.39, 0.29) is 74.6 Å². The van der Waals surface area contributed by atoms with Gasteiger partial charge in [-0.2, -0.15) is 0 Å². The number of alkyl carbamates (subject to hydrolysis) is 2. The van der Waals surface area contributed by atoms with Crippen molar-refractivity contribution >= 4 is 35.6 Å². The first kappa shape index (κ1) is 106. The molecule has 2 rings (SSSR count). The van der Waals surface area contributed by atoms with E-state index >= 15 is 0 Å².